The van der Waals surface area contributed by atoms with E-state index in [0.717, 1.165) is 25.8 Å². The minimum absolute atomic E-state index is 0.0140. The lowest BCUT2D eigenvalue weighted by Gasteiger charge is -2.27. The van der Waals surface area contributed by atoms with Gasteiger partial charge >= 0.3 is 5.69 Å². The number of anilines is 1. The third-order valence-corrected chi connectivity index (χ3v) is 9.34. The van der Waals surface area contributed by atoms with Crippen molar-refractivity contribution in [2.24, 2.45) is 5.92 Å². The Morgan fingerprint density at radius 3 is 2.85 bits per heavy atom. The molecule has 1 aromatic heterocycles. The van der Waals surface area contributed by atoms with Gasteiger partial charge in [0.05, 0.1) is 17.8 Å². The molecule has 0 aromatic carbocycles. The van der Waals surface area contributed by atoms with Gasteiger partial charge in [0, 0.05) is 31.1 Å². The summed E-state index contributed by atoms with van der Waals surface area (Å²) < 4.78 is 23.5. The van der Waals surface area contributed by atoms with E-state index in [4.69, 9.17) is 13.8 Å². The maximum absolute atomic E-state index is 12.7. The fourth-order valence-electron chi connectivity index (χ4n) is 5.66. The molecular formula is C23H35N4O5P. The highest BCUT2D eigenvalue weighted by atomic mass is 31.2. The lowest BCUT2D eigenvalue weighted by atomic mass is 9.91. The molecule has 4 heterocycles. The highest BCUT2D eigenvalue weighted by Crippen LogP contribution is 2.64. The highest BCUT2D eigenvalue weighted by Gasteiger charge is 2.58. The van der Waals surface area contributed by atoms with Crippen LogP contribution >= 0.6 is 8.53 Å². The Morgan fingerprint density at radius 1 is 1.36 bits per heavy atom. The zero-order valence-electron chi connectivity index (χ0n) is 19.7. The van der Waals surface area contributed by atoms with Gasteiger partial charge in [-0.1, -0.05) is 33.6 Å². The molecule has 1 saturated carbocycles. The average Bonchev–Trinajstić information content (AvgIpc) is 3.56. The molecule has 1 N–H and O–H groups in total. The molecular weight excluding hydrogens is 443 g/mol. The molecule has 10 heteroatoms. The first-order valence-corrected chi connectivity index (χ1v) is 13.5. The van der Waals surface area contributed by atoms with Crippen molar-refractivity contribution in [2.75, 3.05) is 11.9 Å². The third kappa shape index (κ3) is 4.39. The number of aromatic nitrogens is 2. The van der Waals surface area contributed by atoms with Crippen LogP contribution in [0.4, 0.5) is 5.82 Å². The number of hydrogen-bond acceptors (Lipinski definition) is 7. The smallest absolute Gasteiger partial charge is 0.351 e. The fourth-order valence-corrected chi connectivity index (χ4v) is 7.86. The molecule has 1 amide bonds. The van der Waals surface area contributed by atoms with Gasteiger partial charge < -0.3 is 19.1 Å². The normalized spacial score (nSPS) is 33.3. The predicted octanol–water partition coefficient (Wildman–Crippen LogP) is 3.95. The van der Waals surface area contributed by atoms with Crippen LogP contribution in [-0.2, 0) is 18.6 Å². The van der Waals surface area contributed by atoms with Gasteiger partial charge in [-0.2, -0.15) is 4.98 Å². The summed E-state index contributed by atoms with van der Waals surface area (Å²) in [4.78, 5) is 28.6. The SMILES string of the molecule is CC[C@H]1O[C@@H](n2ccc(NC(=O)C(C)C)nc2=O)CC1O[P@]1OC2(CCCC2)[C@H]2CCCN21. The maximum atomic E-state index is 12.7. The second-order valence-corrected chi connectivity index (χ2v) is 11.4. The molecule has 1 aromatic rings. The number of rotatable bonds is 6. The van der Waals surface area contributed by atoms with E-state index in [2.05, 4.69) is 21.9 Å². The van der Waals surface area contributed by atoms with Gasteiger partial charge in [0.15, 0.2) is 0 Å². The molecule has 3 aliphatic heterocycles. The summed E-state index contributed by atoms with van der Waals surface area (Å²) in [5.74, 6) is -0.0955. The van der Waals surface area contributed by atoms with Crippen LogP contribution in [0.2, 0.25) is 0 Å². The lowest BCUT2D eigenvalue weighted by Crippen LogP contribution is -2.39. The first-order chi connectivity index (χ1) is 15.9. The molecule has 33 heavy (non-hydrogen) atoms. The second kappa shape index (κ2) is 9.34. The number of carbonyl (C=O) groups excluding carboxylic acids is 1. The van der Waals surface area contributed by atoms with Crippen LogP contribution in [0.5, 0.6) is 0 Å². The Hall–Kier alpha value is -1.38. The number of nitrogens with zero attached hydrogens (tertiary/aromatic N) is 3. The van der Waals surface area contributed by atoms with Crippen molar-refractivity contribution >= 4 is 20.3 Å². The molecule has 1 aliphatic carbocycles. The van der Waals surface area contributed by atoms with Crippen LogP contribution in [0, 0.1) is 5.92 Å². The molecule has 0 bridgehead atoms. The van der Waals surface area contributed by atoms with Crippen molar-refractivity contribution in [3.63, 3.8) is 0 Å². The van der Waals surface area contributed by atoms with Gasteiger partial charge in [-0.3, -0.25) is 9.36 Å². The standard InChI is InChI=1S/C23H35N4O5P/c1-4-16-17(31-33-27-12-7-8-18(27)23(32-33)10-5-6-11-23)14-20(30-16)26-13-9-19(25-22(26)29)24-21(28)15(2)3/h9,13,15-18,20H,4-8,10-12,14H2,1-3H3,(H,24,25,28,29)/t16-,17?,18-,20-,33-/m1/s1. The van der Waals surface area contributed by atoms with Crippen molar-refractivity contribution in [3.05, 3.63) is 22.7 Å². The number of nitrogens with one attached hydrogen (secondary N) is 1. The summed E-state index contributed by atoms with van der Waals surface area (Å²) in [6, 6.07) is 2.13. The van der Waals surface area contributed by atoms with E-state index in [-0.39, 0.29) is 35.5 Å². The van der Waals surface area contributed by atoms with E-state index in [9.17, 15) is 9.59 Å². The van der Waals surface area contributed by atoms with E-state index >= 15 is 0 Å². The van der Waals surface area contributed by atoms with E-state index < -0.39 is 20.4 Å². The van der Waals surface area contributed by atoms with Gasteiger partial charge in [0.2, 0.25) is 5.91 Å². The van der Waals surface area contributed by atoms with E-state index in [1.54, 1.807) is 26.1 Å². The molecule has 4 fully saturated rings. The van der Waals surface area contributed by atoms with Crippen LogP contribution in [-0.4, -0.2) is 50.5 Å². The zero-order chi connectivity index (χ0) is 23.2. The minimum Gasteiger partial charge on any atom is -0.352 e. The number of ether oxygens (including phenoxy) is 1. The van der Waals surface area contributed by atoms with Crippen LogP contribution in [0.15, 0.2) is 17.1 Å². The van der Waals surface area contributed by atoms with Crippen LogP contribution < -0.4 is 11.0 Å². The predicted molar refractivity (Wildman–Crippen MR) is 125 cm³/mol. The molecule has 0 radical (unpaired) electrons. The van der Waals surface area contributed by atoms with E-state index in [1.807, 2.05) is 0 Å². The number of amides is 1. The summed E-state index contributed by atoms with van der Waals surface area (Å²) in [5.41, 5.74) is -0.454. The van der Waals surface area contributed by atoms with Gasteiger partial charge in [-0.05, 0) is 38.2 Å². The first-order valence-electron chi connectivity index (χ1n) is 12.4. The monoisotopic (exact) mass is 478 g/mol. The van der Waals surface area contributed by atoms with Crippen molar-refractivity contribution in [3.8, 4) is 0 Å². The molecule has 5 rings (SSSR count). The van der Waals surface area contributed by atoms with Gasteiger partial charge in [0.25, 0.3) is 8.53 Å². The van der Waals surface area contributed by atoms with Gasteiger partial charge in [-0.25, -0.2) is 9.46 Å². The molecule has 4 aliphatic rings. The molecule has 182 valence electrons. The van der Waals surface area contributed by atoms with E-state index in [1.165, 1.54) is 30.3 Å². The zero-order valence-corrected chi connectivity index (χ0v) is 20.6. The number of carbonyl (C=O) groups is 1. The Morgan fingerprint density at radius 2 is 2.15 bits per heavy atom. The van der Waals surface area contributed by atoms with Crippen molar-refractivity contribution < 1.29 is 18.6 Å². The van der Waals surface area contributed by atoms with Crippen LogP contribution in [0.1, 0.15) is 78.4 Å². The van der Waals surface area contributed by atoms with E-state index in [0.29, 0.717) is 12.5 Å². The molecule has 9 nitrogen and oxygen atoms in total. The Labute approximate surface area is 196 Å². The summed E-state index contributed by atoms with van der Waals surface area (Å²) in [6.07, 6.45) is 9.50. The largest absolute Gasteiger partial charge is 0.352 e. The number of hydrogen-bond donors (Lipinski definition) is 1. The molecule has 3 saturated heterocycles. The topological polar surface area (TPSA) is 94.9 Å². The van der Waals surface area contributed by atoms with Gasteiger partial charge in [0.1, 0.15) is 12.0 Å². The van der Waals surface area contributed by atoms with Crippen molar-refractivity contribution in [2.45, 2.75) is 102 Å². The summed E-state index contributed by atoms with van der Waals surface area (Å²) >= 11 is 0. The molecule has 1 unspecified atom stereocenters. The summed E-state index contributed by atoms with van der Waals surface area (Å²) in [6.45, 7) is 6.71. The quantitative estimate of drug-likeness (QED) is 0.619. The summed E-state index contributed by atoms with van der Waals surface area (Å²) in [5, 5.41) is 2.67. The Balaban J connectivity index is 1.28. The molecule has 1 spiro atoms. The van der Waals surface area contributed by atoms with Crippen molar-refractivity contribution in [1.82, 2.24) is 14.2 Å². The second-order valence-electron chi connectivity index (χ2n) is 9.99. The summed E-state index contributed by atoms with van der Waals surface area (Å²) in [7, 11) is -1.10. The Bertz CT molecular complexity index is 934. The van der Waals surface area contributed by atoms with Crippen LogP contribution in [0.25, 0.3) is 0 Å². The van der Waals surface area contributed by atoms with Crippen molar-refractivity contribution in [1.29, 1.82) is 0 Å². The highest BCUT2D eigenvalue weighted by molar-refractivity contribution is 7.45. The van der Waals surface area contributed by atoms with Crippen LogP contribution in [0.3, 0.4) is 0 Å². The Kier molecular flexibility index (Phi) is 6.62. The van der Waals surface area contributed by atoms with Gasteiger partial charge in [-0.15, -0.1) is 0 Å². The maximum Gasteiger partial charge on any atom is 0.351 e. The minimum atomic E-state index is -1.10. The lowest BCUT2D eigenvalue weighted by molar-refractivity contribution is -0.118. The number of fused-ring (bicyclic) bond motifs is 2. The fraction of sp³-hybridized carbons (Fsp3) is 0.783. The third-order valence-electron chi connectivity index (χ3n) is 7.48. The first kappa shape index (κ1) is 23.4. The molecule has 5 atom stereocenters. The average molecular weight is 479 g/mol.